The minimum atomic E-state index is -2.37. The van der Waals surface area contributed by atoms with Crippen LogP contribution in [0.2, 0.25) is 0 Å². The molecule has 7 nitrogen and oxygen atoms in total. The maximum absolute atomic E-state index is 14.3. The molecule has 3 N–H and O–H groups in total. The number of carbonyl (C=O) groups is 1. The monoisotopic (exact) mass is 670 g/mol. The smallest absolute Gasteiger partial charge is 0.261 e. The molecule has 6 atom stereocenters. The number of nitrogens with zero attached hydrogens (tertiary/aromatic N) is 1. The van der Waals surface area contributed by atoms with Crippen LogP contribution in [0.25, 0.3) is 0 Å². The first-order valence-electron chi connectivity index (χ1n) is 15.3. The van der Waals surface area contributed by atoms with Crippen molar-refractivity contribution >= 4 is 11.6 Å². The molecule has 4 aromatic carbocycles. The van der Waals surface area contributed by atoms with Crippen LogP contribution in [0.5, 0.6) is 0 Å². The minimum Gasteiger partial charge on any atom is -0.392 e. The molecule has 4 aromatic rings. The molecule has 0 bridgehead atoms. The van der Waals surface area contributed by atoms with Gasteiger partial charge in [-0.3, -0.25) is 9.69 Å². The lowest BCUT2D eigenvalue weighted by atomic mass is 9.89. The number of halogens is 5. The number of benzene rings is 4. The van der Waals surface area contributed by atoms with Crippen LogP contribution in [-0.2, 0) is 16.1 Å². The number of carbonyl (C=O) groups excluding carboxylic acids is 1. The Kier molecular flexibility index (Phi) is 10.9. The van der Waals surface area contributed by atoms with Gasteiger partial charge in [-0.1, -0.05) is 73.7 Å². The molecule has 0 unspecified atom stereocenters. The van der Waals surface area contributed by atoms with Crippen molar-refractivity contribution in [3.63, 3.8) is 0 Å². The van der Waals surface area contributed by atoms with Gasteiger partial charge < -0.3 is 25.0 Å². The van der Waals surface area contributed by atoms with Crippen LogP contribution in [0.3, 0.4) is 0 Å². The van der Waals surface area contributed by atoms with E-state index in [0.29, 0.717) is 17.7 Å². The summed E-state index contributed by atoms with van der Waals surface area (Å²) < 4.78 is 82.6. The van der Waals surface area contributed by atoms with Crippen molar-refractivity contribution in [2.45, 2.75) is 51.1 Å². The summed E-state index contributed by atoms with van der Waals surface area (Å²) >= 11 is 0. The van der Waals surface area contributed by atoms with E-state index in [1.165, 1.54) is 18.2 Å². The third-order valence-corrected chi connectivity index (χ3v) is 8.74. The van der Waals surface area contributed by atoms with Crippen LogP contribution in [-0.4, -0.2) is 46.8 Å². The van der Waals surface area contributed by atoms with E-state index in [1.807, 2.05) is 68.3 Å². The van der Waals surface area contributed by atoms with Crippen LogP contribution >= 0.6 is 0 Å². The quantitative estimate of drug-likeness (QED) is 0.0960. The van der Waals surface area contributed by atoms with Gasteiger partial charge in [0, 0.05) is 29.8 Å². The van der Waals surface area contributed by atoms with Crippen LogP contribution in [0.4, 0.5) is 27.6 Å². The fourth-order valence-corrected chi connectivity index (χ4v) is 5.71. The lowest BCUT2D eigenvalue weighted by Crippen LogP contribution is -2.46. The maximum atomic E-state index is 14.3. The van der Waals surface area contributed by atoms with Gasteiger partial charge in [-0.15, -0.1) is 0 Å². The van der Waals surface area contributed by atoms with E-state index in [4.69, 9.17) is 9.47 Å². The second-order valence-electron chi connectivity index (χ2n) is 11.9. The van der Waals surface area contributed by atoms with Crippen molar-refractivity contribution in [3.8, 4) is 0 Å². The van der Waals surface area contributed by atoms with E-state index >= 15 is 0 Å². The summed E-state index contributed by atoms with van der Waals surface area (Å²) in [5.74, 6) is -13.1. The molecule has 1 heterocycles. The van der Waals surface area contributed by atoms with Crippen LogP contribution in [0.15, 0.2) is 78.9 Å². The molecule has 1 amide bonds. The Hall–Kier alpha value is -4.20. The molecule has 0 saturated carbocycles. The highest BCUT2D eigenvalue weighted by Crippen LogP contribution is 2.42. The fraction of sp³-hybridized carbons (Fsp3) is 0.306. The zero-order valence-corrected chi connectivity index (χ0v) is 26.3. The predicted octanol–water partition coefficient (Wildman–Crippen LogP) is 6.97. The zero-order valence-electron chi connectivity index (χ0n) is 26.3. The van der Waals surface area contributed by atoms with Crippen molar-refractivity contribution in [1.29, 1.82) is 0 Å². The lowest BCUT2D eigenvalue weighted by molar-refractivity contribution is -0.276. The van der Waals surface area contributed by atoms with Gasteiger partial charge in [0.25, 0.3) is 5.91 Å². The Bertz CT molecular complexity index is 1710. The average molecular weight is 671 g/mol. The number of aliphatic hydroxyl groups is 2. The van der Waals surface area contributed by atoms with E-state index < -0.39 is 65.2 Å². The largest absolute Gasteiger partial charge is 0.392 e. The Labute approximate surface area is 274 Å². The highest BCUT2D eigenvalue weighted by Gasteiger charge is 2.40. The number of aliphatic hydroxyl groups excluding tert-OH is 2. The normalized spacial score (nSPS) is 20.8. The van der Waals surface area contributed by atoms with E-state index in [1.54, 1.807) is 18.2 Å². The van der Waals surface area contributed by atoms with Crippen LogP contribution in [0, 0.1) is 35.0 Å². The first kappa shape index (κ1) is 35.1. The van der Waals surface area contributed by atoms with Crippen molar-refractivity contribution in [2.75, 3.05) is 18.9 Å². The minimum absolute atomic E-state index is 0.00983. The van der Waals surface area contributed by atoms with Gasteiger partial charge in [-0.05, 0) is 42.8 Å². The van der Waals surface area contributed by atoms with E-state index in [-0.39, 0.29) is 24.3 Å². The standard InChI is InChI=1S/C36H35F5N2O5/c1-19-26(17-43(3)20(2)33(45)22-8-5-4-6-9-22)47-36(48-34(19)23-14-12-21(18-44)13-15-23)24-10-7-11-25(16-24)42-35(46)27-28(37)30(39)32(41)31(40)29(27)38/h4-16,19-20,26,33-34,36,44-45H,17-18H2,1-3H3,(H,42,46)/t19-,20-,26+,33-,34+,36+/m0/s1. The summed E-state index contributed by atoms with van der Waals surface area (Å²) in [7, 11) is 1.87. The molecule has 1 fully saturated rings. The molecule has 1 aliphatic heterocycles. The van der Waals surface area contributed by atoms with Gasteiger partial charge in [0.1, 0.15) is 5.56 Å². The van der Waals surface area contributed by atoms with Crippen molar-refractivity contribution in [2.24, 2.45) is 5.92 Å². The Morgan fingerprint density at radius 1 is 0.854 bits per heavy atom. The van der Waals surface area contributed by atoms with E-state index in [0.717, 1.165) is 11.1 Å². The third kappa shape index (κ3) is 7.27. The highest BCUT2D eigenvalue weighted by molar-refractivity contribution is 6.04. The SMILES string of the molecule is C[C@H]1[C@@H](CN(C)[C@@H](C)[C@H](O)c2ccccc2)O[C@@H](c2cccc(NC(=O)c3c(F)c(F)c(F)c(F)c3F)c2)O[C@H]1c1ccc(CO)cc1. The summed E-state index contributed by atoms with van der Waals surface area (Å²) in [6, 6.07) is 22.2. The highest BCUT2D eigenvalue weighted by atomic mass is 19.2. The van der Waals surface area contributed by atoms with Crippen LogP contribution < -0.4 is 5.32 Å². The fourth-order valence-electron chi connectivity index (χ4n) is 5.71. The molecular formula is C36H35F5N2O5. The maximum Gasteiger partial charge on any atom is 0.261 e. The van der Waals surface area contributed by atoms with Gasteiger partial charge in [0.05, 0.1) is 24.9 Å². The van der Waals surface area contributed by atoms with Crippen molar-refractivity contribution in [3.05, 3.63) is 136 Å². The molecule has 1 saturated heterocycles. The molecule has 48 heavy (non-hydrogen) atoms. The van der Waals surface area contributed by atoms with E-state index in [9.17, 15) is 37.0 Å². The Balaban J connectivity index is 1.41. The molecule has 1 aliphatic rings. The summed E-state index contributed by atoms with van der Waals surface area (Å²) in [6.45, 7) is 4.12. The number of nitrogens with one attached hydrogen (secondary N) is 1. The van der Waals surface area contributed by atoms with Crippen molar-refractivity contribution < 1.29 is 46.4 Å². The number of likely N-dealkylation sites (N-methyl/N-ethyl adjacent to an activating group) is 1. The van der Waals surface area contributed by atoms with Crippen molar-refractivity contribution in [1.82, 2.24) is 4.90 Å². The number of rotatable bonds is 10. The molecular weight excluding hydrogens is 635 g/mol. The molecule has 0 aromatic heterocycles. The van der Waals surface area contributed by atoms with Gasteiger partial charge in [-0.25, -0.2) is 22.0 Å². The number of hydrogen-bond donors (Lipinski definition) is 3. The third-order valence-electron chi connectivity index (χ3n) is 8.74. The van der Waals surface area contributed by atoms with E-state index in [2.05, 4.69) is 5.32 Å². The van der Waals surface area contributed by atoms with Gasteiger partial charge in [-0.2, -0.15) is 0 Å². The summed E-state index contributed by atoms with van der Waals surface area (Å²) in [5, 5.41) is 22.8. The van der Waals surface area contributed by atoms with Gasteiger partial charge >= 0.3 is 0 Å². The molecule has 12 heteroatoms. The second kappa shape index (κ2) is 14.9. The number of ether oxygens (including phenoxy) is 2. The Morgan fingerprint density at radius 3 is 2.10 bits per heavy atom. The lowest BCUT2D eigenvalue weighted by Gasteiger charge is -2.43. The number of hydrogen-bond acceptors (Lipinski definition) is 6. The Morgan fingerprint density at radius 2 is 1.48 bits per heavy atom. The topological polar surface area (TPSA) is 91.3 Å². The second-order valence-corrected chi connectivity index (χ2v) is 11.9. The molecule has 0 spiro atoms. The summed E-state index contributed by atoms with van der Waals surface area (Å²) in [5.41, 5.74) is 1.07. The first-order chi connectivity index (χ1) is 22.9. The van der Waals surface area contributed by atoms with Gasteiger partial charge in [0.2, 0.25) is 5.82 Å². The number of anilines is 1. The number of amides is 1. The molecule has 254 valence electrons. The van der Waals surface area contributed by atoms with Crippen LogP contribution in [0.1, 0.15) is 65.0 Å². The predicted molar refractivity (Wildman–Crippen MR) is 167 cm³/mol. The summed E-state index contributed by atoms with van der Waals surface area (Å²) in [4.78, 5) is 14.7. The molecule has 0 radical (unpaired) electrons. The zero-order chi connectivity index (χ0) is 34.7. The molecule has 5 rings (SSSR count). The van der Waals surface area contributed by atoms with Gasteiger partial charge in [0.15, 0.2) is 29.6 Å². The average Bonchev–Trinajstić information content (AvgIpc) is 3.10. The first-order valence-corrected chi connectivity index (χ1v) is 15.3. The summed E-state index contributed by atoms with van der Waals surface area (Å²) in [6.07, 6.45) is -2.74. The molecule has 0 aliphatic carbocycles.